The smallest absolute Gasteiger partial charge is 0.135 e. The second-order valence-electron chi connectivity index (χ2n) is 3.43. The van der Waals surface area contributed by atoms with Crippen molar-refractivity contribution in [1.82, 2.24) is 0 Å². The Bertz CT molecular complexity index is 529. The van der Waals surface area contributed by atoms with Gasteiger partial charge in [0.25, 0.3) is 0 Å². The Kier molecular flexibility index (Phi) is 3.61. The Hall–Kier alpha value is -1.58. The van der Waals surface area contributed by atoms with E-state index in [-0.39, 0.29) is 11.3 Å². The zero-order valence-corrected chi connectivity index (χ0v) is 9.62. The molecule has 0 bridgehead atoms. The molecule has 0 amide bonds. The van der Waals surface area contributed by atoms with E-state index in [9.17, 15) is 4.39 Å². The van der Waals surface area contributed by atoms with Gasteiger partial charge in [-0.3, -0.25) is 0 Å². The van der Waals surface area contributed by atoms with Crippen LogP contribution in [-0.4, -0.2) is 5.11 Å². The molecule has 0 heterocycles. The summed E-state index contributed by atoms with van der Waals surface area (Å²) < 4.78 is 18.8. The minimum Gasteiger partial charge on any atom is -0.457 e. The number of hydrogen-bond acceptors (Lipinski definition) is 2. The Morgan fingerprint density at radius 2 is 1.94 bits per heavy atom. The molecule has 0 aromatic heterocycles. The predicted octanol–water partition coefficient (Wildman–Crippen LogP) is 3.76. The van der Waals surface area contributed by atoms with Crippen molar-refractivity contribution in [2.75, 3.05) is 0 Å². The molecule has 0 aliphatic rings. The quantitative estimate of drug-likeness (QED) is 0.901. The summed E-state index contributed by atoms with van der Waals surface area (Å²) in [6.45, 7) is -0.414. The van der Waals surface area contributed by atoms with Crippen molar-refractivity contribution < 1.29 is 14.2 Å². The molecule has 0 aliphatic heterocycles. The van der Waals surface area contributed by atoms with E-state index in [0.29, 0.717) is 10.8 Å². The minimum absolute atomic E-state index is 0.132. The van der Waals surface area contributed by atoms with Gasteiger partial charge in [0.2, 0.25) is 0 Å². The zero-order chi connectivity index (χ0) is 12.3. The molecule has 0 atom stereocenters. The van der Waals surface area contributed by atoms with E-state index >= 15 is 0 Å². The minimum atomic E-state index is -0.493. The van der Waals surface area contributed by atoms with E-state index in [1.807, 2.05) is 0 Å². The lowest BCUT2D eigenvalue weighted by atomic mass is 10.2. The molecule has 0 radical (unpaired) electrons. The van der Waals surface area contributed by atoms with Crippen molar-refractivity contribution >= 4 is 11.6 Å². The van der Waals surface area contributed by atoms with Crippen LogP contribution in [0.5, 0.6) is 11.5 Å². The van der Waals surface area contributed by atoms with E-state index in [0.717, 1.165) is 0 Å². The predicted molar refractivity (Wildman–Crippen MR) is 63.8 cm³/mol. The molecule has 2 aromatic rings. The zero-order valence-electron chi connectivity index (χ0n) is 8.86. The molecular formula is C13H10ClFO2. The molecule has 2 nitrogen and oxygen atoms in total. The second-order valence-corrected chi connectivity index (χ2v) is 3.87. The van der Waals surface area contributed by atoms with Crippen LogP contribution in [-0.2, 0) is 6.61 Å². The summed E-state index contributed by atoms with van der Waals surface area (Å²) in [6.07, 6.45) is 0. The third kappa shape index (κ3) is 2.75. The van der Waals surface area contributed by atoms with Crippen molar-refractivity contribution in [3.8, 4) is 11.5 Å². The third-order valence-electron chi connectivity index (χ3n) is 2.26. The van der Waals surface area contributed by atoms with E-state index in [1.54, 1.807) is 30.3 Å². The summed E-state index contributed by atoms with van der Waals surface area (Å²) >= 11 is 5.81. The number of aliphatic hydroxyl groups excluding tert-OH is 1. The molecule has 0 spiro atoms. The monoisotopic (exact) mass is 252 g/mol. The van der Waals surface area contributed by atoms with Gasteiger partial charge in [0.15, 0.2) is 0 Å². The molecule has 88 valence electrons. The maximum atomic E-state index is 13.4. The highest BCUT2D eigenvalue weighted by Crippen LogP contribution is 2.28. The van der Waals surface area contributed by atoms with E-state index in [4.69, 9.17) is 21.4 Å². The Labute approximate surface area is 103 Å². The average molecular weight is 253 g/mol. The first-order valence-corrected chi connectivity index (χ1v) is 5.40. The maximum absolute atomic E-state index is 13.4. The van der Waals surface area contributed by atoms with Gasteiger partial charge in [0.1, 0.15) is 17.3 Å². The number of rotatable bonds is 3. The molecule has 4 heteroatoms. The van der Waals surface area contributed by atoms with Crippen LogP contribution in [0.25, 0.3) is 0 Å². The molecule has 0 saturated heterocycles. The number of ether oxygens (including phenoxy) is 1. The summed E-state index contributed by atoms with van der Waals surface area (Å²) in [7, 11) is 0. The number of benzene rings is 2. The van der Waals surface area contributed by atoms with Crippen LogP contribution in [0, 0.1) is 5.82 Å². The van der Waals surface area contributed by atoms with E-state index in [2.05, 4.69) is 0 Å². The van der Waals surface area contributed by atoms with Gasteiger partial charge in [-0.2, -0.15) is 0 Å². The summed E-state index contributed by atoms with van der Waals surface area (Å²) in [6, 6.07) is 11.2. The van der Waals surface area contributed by atoms with Gasteiger partial charge >= 0.3 is 0 Å². The first-order chi connectivity index (χ1) is 8.20. The number of aliphatic hydroxyl groups is 1. The third-order valence-corrected chi connectivity index (χ3v) is 2.49. The lowest BCUT2D eigenvalue weighted by Crippen LogP contribution is -1.95. The lowest BCUT2D eigenvalue weighted by molar-refractivity contribution is 0.270. The lowest BCUT2D eigenvalue weighted by Gasteiger charge is -2.10. The molecule has 0 fully saturated rings. The van der Waals surface area contributed by atoms with Crippen LogP contribution in [0.2, 0.25) is 5.02 Å². The number of hydrogen-bond donors (Lipinski definition) is 1. The first-order valence-electron chi connectivity index (χ1n) is 5.02. The van der Waals surface area contributed by atoms with Crippen molar-refractivity contribution in [3.05, 3.63) is 58.9 Å². The maximum Gasteiger partial charge on any atom is 0.135 e. The standard InChI is InChI=1S/C13H10ClFO2/c14-9-3-1-4-10(7-9)17-13-6-2-5-12(15)11(13)8-16/h1-7,16H,8H2. The van der Waals surface area contributed by atoms with Crippen molar-refractivity contribution in [2.24, 2.45) is 0 Å². The normalized spacial score (nSPS) is 10.3. The molecule has 0 saturated carbocycles. The molecule has 2 rings (SSSR count). The Morgan fingerprint density at radius 3 is 2.65 bits per heavy atom. The average Bonchev–Trinajstić information content (AvgIpc) is 2.29. The van der Waals surface area contributed by atoms with Crippen LogP contribution < -0.4 is 4.74 Å². The Balaban J connectivity index is 2.33. The summed E-state index contributed by atoms with van der Waals surface area (Å²) in [4.78, 5) is 0. The van der Waals surface area contributed by atoms with Crippen LogP contribution >= 0.6 is 11.6 Å². The van der Waals surface area contributed by atoms with E-state index in [1.165, 1.54) is 12.1 Å². The van der Waals surface area contributed by atoms with Gasteiger partial charge < -0.3 is 9.84 Å². The highest BCUT2D eigenvalue weighted by atomic mass is 35.5. The van der Waals surface area contributed by atoms with Crippen molar-refractivity contribution in [2.45, 2.75) is 6.61 Å². The highest BCUT2D eigenvalue weighted by Gasteiger charge is 2.09. The van der Waals surface area contributed by atoms with Crippen LogP contribution in [0.3, 0.4) is 0 Å². The molecule has 2 aromatic carbocycles. The van der Waals surface area contributed by atoms with Crippen molar-refractivity contribution in [1.29, 1.82) is 0 Å². The van der Waals surface area contributed by atoms with Gasteiger partial charge in [-0.1, -0.05) is 23.7 Å². The molecule has 0 aliphatic carbocycles. The summed E-state index contributed by atoms with van der Waals surface area (Å²) in [5.74, 6) is 0.291. The van der Waals surface area contributed by atoms with Crippen LogP contribution in [0.1, 0.15) is 5.56 Å². The van der Waals surface area contributed by atoms with Gasteiger partial charge in [-0.15, -0.1) is 0 Å². The molecule has 1 N–H and O–H groups in total. The summed E-state index contributed by atoms with van der Waals surface area (Å²) in [5, 5.41) is 9.62. The van der Waals surface area contributed by atoms with E-state index < -0.39 is 12.4 Å². The van der Waals surface area contributed by atoms with Crippen LogP contribution in [0.15, 0.2) is 42.5 Å². The fourth-order valence-corrected chi connectivity index (χ4v) is 1.63. The summed E-state index contributed by atoms with van der Waals surface area (Å²) in [5.41, 5.74) is 0.132. The van der Waals surface area contributed by atoms with Crippen LogP contribution in [0.4, 0.5) is 4.39 Å². The van der Waals surface area contributed by atoms with Gasteiger partial charge in [0.05, 0.1) is 12.2 Å². The first kappa shape index (κ1) is 11.9. The van der Waals surface area contributed by atoms with Crippen molar-refractivity contribution in [3.63, 3.8) is 0 Å². The number of halogens is 2. The molecule has 0 unspecified atom stereocenters. The SMILES string of the molecule is OCc1c(F)cccc1Oc1cccc(Cl)c1. The largest absolute Gasteiger partial charge is 0.457 e. The molecular weight excluding hydrogens is 243 g/mol. The topological polar surface area (TPSA) is 29.5 Å². The van der Waals surface area contributed by atoms with Gasteiger partial charge in [0, 0.05) is 5.02 Å². The molecule has 17 heavy (non-hydrogen) atoms. The van der Waals surface area contributed by atoms with Gasteiger partial charge in [-0.05, 0) is 30.3 Å². The second kappa shape index (κ2) is 5.17. The fraction of sp³-hybridized carbons (Fsp3) is 0.0769. The fourth-order valence-electron chi connectivity index (χ4n) is 1.45. The Morgan fingerprint density at radius 1 is 1.18 bits per heavy atom. The highest BCUT2D eigenvalue weighted by molar-refractivity contribution is 6.30. The van der Waals surface area contributed by atoms with Gasteiger partial charge in [-0.25, -0.2) is 4.39 Å².